The predicted octanol–water partition coefficient (Wildman–Crippen LogP) is 1.12. The first-order valence-corrected chi connectivity index (χ1v) is 6.51. The van der Waals surface area contributed by atoms with E-state index in [9.17, 15) is 5.11 Å². The first kappa shape index (κ1) is 13.4. The number of piperidine rings is 1. The van der Waals surface area contributed by atoms with E-state index in [1.165, 1.54) is 0 Å². The topological polar surface area (TPSA) is 50.5 Å². The minimum atomic E-state index is -0.817. The zero-order chi connectivity index (χ0) is 13.3. The van der Waals surface area contributed by atoms with Crippen LogP contribution in [-0.4, -0.2) is 46.0 Å². The normalized spacial score (nSPS) is 20.3. The van der Waals surface area contributed by atoms with Gasteiger partial charge in [0.05, 0.1) is 13.3 Å². The van der Waals surface area contributed by atoms with Gasteiger partial charge in [-0.05, 0) is 26.7 Å². The fourth-order valence-electron chi connectivity index (χ4n) is 2.74. The smallest absolute Gasteiger partial charge is 0.162 e. The van der Waals surface area contributed by atoms with Crippen LogP contribution in [0.25, 0.3) is 0 Å². The summed E-state index contributed by atoms with van der Waals surface area (Å²) in [5, 5.41) is 15.0. The molecule has 0 amide bonds. The average Bonchev–Trinajstić information content (AvgIpc) is 2.71. The molecule has 5 heteroatoms. The molecule has 0 bridgehead atoms. The van der Waals surface area contributed by atoms with Crippen molar-refractivity contribution in [2.24, 2.45) is 7.05 Å². The summed E-state index contributed by atoms with van der Waals surface area (Å²) >= 11 is 0. The molecule has 1 fully saturated rings. The molecule has 0 aliphatic carbocycles. The van der Waals surface area contributed by atoms with Gasteiger partial charge in [0.15, 0.2) is 5.75 Å². The molecule has 102 valence electrons. The first-order valence-electron chi connectivity index (χ1n) is 6.51. The minimum Gasteiger partial charge on any atom is -0.493 e. The molecule has 1 N–H and O–H groups in total. The molecule has 2 rings (SSSR count). The number of nitrogens with zero attached hydrogens (tertiary/aromatic N) is 3. The SMILES string of the molecule is COc1cnn(C)c1C1(O)CCN(C(C)C)CC1. The van der Waals surface area contributed by atoms with Gasteiger partial charge in [0.1, 0.15) is 11.3 Å². The van der Waals surface area contributed by atoms with Gasteiger partial charge in [-0.1, -0.05) is 0 Å². The van der Waals surface area contributed by atoms with E-state index in [4.69, 9.17) is 4.74 Å². The molecule has 1 aromatic heterocycles. The van der Waals surface area contributed by atoms with E-state index in [0.717, 1.165) is 31.6 Å². The van der Waals surface area contributed by atoms with Crippen molar-refractivity contribution in [3.63, 3.8) is 0 Å². The van der Waals surface area contributed by atoms with Crippen molar-refractivity contribution < 1.29 is 9.84 Å². The molecule has 1 aliphatic rings. The second kappa shape index (κ2) is 4.90. The predicted molar refractivity (Wildman–Crippen MR) is 69.6 cm³/mol. The van der Waals surface area contributed by atoms with E-state index in [0.29, 0.717) is 11.8 Å². The highest BCUT2D eigenvalue weighted by atomic mass is 16.5. The van der Waals surface area contributed by atoms with Crippen LogP contribution in [0.15, 0.2) is 6.20 Å². The molecule has 0 saturated carbocycles. The van der Waals surface area contributed by atoms with Crippen molar-refractivity contribution in [2.45, 2.75) is 38.3 Å². The second-order valence-corrected chi connectivity index (χ2v) is 5.35. The second-order valence-electron chi connectivity index (χ2n) is 5.35. The Kier molecular flexibility index (Phi) is 3.64. The zero-order valence-corrected chi connectivity index (χ0v) is 11.7. The summed E-state index contributed by atoms with van der Waals surface area (Å²) in [5.41, 5.74) is -0.0180. The number of aromatic nitrogens is 2. The van der Waals surface area contributed by atoms with Crippen molar-refractivity contribution in [3.05, 3.63) is 11.9 Å². The Hall–Kier alpha value is -1.07. The summed E-state index contributed by atoms with van der Waals surface area (Å²) in [5.74, 6) is 0.679. The number of hydrogen-bond acceptors (Lipinski definition) is 4. The molecular weight excluding hydrogens is 230 g/mol. The lowest BCUT2D eigenvalue weighted by Gasteiger charge is -2.40. The number of rotatable bonds is 3. The summed E-state index contributed by atoms with van der Waals surface area (Å²) in [4.78, 5) is 2.39. The van der Waals surface area contributed by atoms with Crippen molar-refractivity contribution >= 4 is 0 Å². The summed E-state index contributed by atoms with van der Waals surface area (Å²) < 4.78 is 7.03. The lowest BCUT2D eigenvalue weighted by Crippen LogP contribution is -2.46. The average molecular weight is 253 g/mol. The van der Waals surface area contributed by atoms with Gasteiger partial charge < -0.3 is 14.7 Å². The fourth-order valence-corrected chi connectivity index (χ4v) is 2.74. The molecular formula is C13H23N3O2. The molecule has 0 atom stereocenters. The van der Waals surface area contributed by atoms with Crippen LogP contribution in [-0.2, 0) is 12.6 Å². The highest BCUT2D eigenvalue weighted by molar-refractivity contribution is 5.31. The van der Waals surface area contributed by atoms with Gasteiger partial charge >= 0.3 is 0 Å². The number of aryl methyl sites for hydroxylation is 1. The maximum absolute atomic E-state index is 10.9. The van der Waals surface area contributed by atoms with Gasteiger partial charge in [-0.2, -0.15) is 5.10 Å². The maximum atomic E-state index is 10.9. The van der Waals surface area contributed by atoms with Crippen molar-refractivity contribution in [1.82, 2.24) is 14.7 Å². The van der Waals surface area contributed by atoms with E-state index < -0.39 is 5.60 Å². The van der Waals surface area contributed by atoms with Crippen LogP contribution in [0.2, 0.25) is 0 Å². The van der Waals surface area contributed by atoms with E-state index >= 15 is 0 Å². The van der Waals surface area contributed by atoms with E-state index in [1.54, 1.807) is 18.0 Å². The number of ether oxygens (including phenoxy) is 1. The Morgan fingerprint density at radius 1 is 1.39 bits per heavy atom. The van der Waals surface area contributed by atoms with Gasteiger partial charge in [-0.25, -0.2) is 0 Å². The van der Waals surface area contributed by atoms with Gasteiger partial charge in [0.2, 0.25) is 0 Å². The lowest BCUT2D eigenvalue weighted by molar-refractivity contribution is -0.0396. The van der Waals surface area contributed by atoms with Crippen LogP contribution in [0.3, 0.4) is 0 Å². The third-order valence-electron chi connectivity index (χ3n) is 3.92. The summed E-state index contributed by atoms with van der Waals surface area (Å²) in [6.45, 7) is 6.19. The van der Waals surface area contributed by atoms with Crippen molar-refractivity contribution in [1.29, 1.82) is 0 Å². The Morgan fingerprint density at radius 3 is 2.50 bits per heavy atom. The molecule has 1 aromatic rings. The molecule has 1 saturated heterocycles. The summed E-state index contributed by atoms with van der Waals surface area (Å²) in [6, 6.07) is 0.531. The van der Waals surface area contributed by atoms with Gasteiger partial charge in [-0.15, -0.1) is 0 Å². The van der Waals surface area contributed by atoms with Crippen LogP contribution >= 0.6 is 0 Å². The molecule has 5 nitrogen and oxygen atoms in total. The largest absolute Gasteiger partial charge is 0.493 e. The van der Waals surface area contributed by atoms with E-state index in [2.05, 4.69) is 23.8 Å². The van der Waals surface area contributed by atoms with Crippen LogP contribution in [0.1, 0.15) is 32.4 Å². The Balaban J connectivity index is 2.20. The Morgan fingerprint density at radius 2 is 2.00 bits per heavy atom. The van der Waals surface area contributed by atoms with E-state index in [1.807, 2.05) is 7.05 Å². The standard InChI is InChI=1S/C13H23N3O2/c1-10(2)16-7-5-13(17,6-8-16)12-11(18-4)9-14-15(12)3/h9-10,17H,5-8H2,1-4H3. The molecule has 18 heavy (non-hydrogen) atoms. The molecule has 1 aliphatic heterocycles. The van der Waals surface area contributed by atoms with Gasteiger partial charge in [0.25, 0.3) is 0 Å². The zero-order valence-electron chi connectivity index (χ0n) is 11.7. The number of methoxy groups -OCH3 is 1. The third kappa shape index (κ3) is 2.24. The van der Waals surface area contributed by atoms with Crippen LogP contribution < -0.4 is 4.74 Å². The quantitative estimate of drug-likeness (QED) is 0.877. The molecule has 0 spiro atoms. The maximum Gasteiger partial charge on any atom is 0.162 e. The highest BCUT2D eigenvalue weighted by Gasteiger charge is 2.39. The molecule has 0 unspecified atom stereocenters. The number of hydrogen-bond donors (Lipinski definition) is 1. The number of likely N-dealkylation sites (tertiary alicyclic amines) is 1. The first-order chi connectivity index (χ1) is 8.48. The van der Waals surface area contributed by atoms with Crippen LogP contribution in [0, 0.1) is 0 Å². The van der Waals surface area contributed by atoms with Crippen LogP contribution in [0.4, 0.5) is 0 Å². The Bertz CT molecular complexity index is 406. The van der Waals surface area contributed by atoms with Gasteiger partial charge in [0, 0.05) is 26.2 Å². The molecule has 0 radical (unpaired) electrons. The Labute approximate surface area is 108 Å². The van der Waals surface area contributed by atoms with Crippen LogP contribution in [0.5, 0.6) is 5.75 Å². The highest BCUT2D eigenvalue weighted by Crippen LogP contribution is 2.37. The minimum absolute atomic E-state index is 0.531. The van der Waals surface area contributed by atoms with Gasteiger partial charge in [-0.3, -0.25) is 4.68 Å². The summed E-state index contributed by atoms with van der Waals surface area (Å²) in [7, 11) is 3.47. The molecule has 0 aromatic carbocycles. The summed E-state index contributed by atoms with van der Waals surface area (Å²) in [6.07, 6.45) is 3.12. The van der Waals surface area contributed by atoms with Crippen molar-refractivity contribution in [2.75, 3.05) is 20.2 Å². The van der Waals surface area contributed by atoms with Crippen molar-refractivity contribution in [3.8, 4) is 5.75 Å². The van der Waals surface area contributed by atoms with E-state index in [-0.39, 0.29) is 0 Å². The molecule has 2 heterocycles. The lowest BCUT2D eigenvalue weighted by atomic mass is 9.87. The number of aliphatic hydroxyl groups is 1. The monoisotopic (exact) mass is 253 g/mol. The fraction of sp³-hybridized carbons (Fsp3) is 0.769. The third-order valence-corrected chi connectivity index (χ3v) is 3.92.